The predicted octanol–water partition coefficient (Wildman–Crippen LogP) is 2.16. The van der Waals surface area contributed by atoms with Crippen molar-refractivity contribution < 1.29 is 18.0 Å². The van der Waals surface area contributed by atoms with E-state index in [0.29, 0.717) is 4.88 Å². The lowest BCUT2D eigenvalue weighted by molar-refractivity contribution is -0.126. The third kappa shape index (κ3) is 4.43. The minimum atomic E-state index is -3.60. The van der Waals surface area contributed by atoms with Crippen LogP contribution in [0.2, 0.25) is 0 Å². The van der Waals surface area contributed by atoms with Crippen LogP contribution in [0.5, 0.6) is 0 Å². The average molecular weight is 448 g/mol. The number of amides is 2. The SMILES string of the molecule is CS(=O)(=O)N1Cc2ccccc2C[C@@H]1C(=O)NNC(=O)c1cc2c(s1)CCCCC2. The van der Waals surface area contributed by atoms with Crippen molar-refractivity contribution in [2.45, 2.75) is 51.1 Å². The second kappa shape index (κ2) is 8.49. The molecule has 1 aromatic heterocycles. The molecule has 2 heterocycles. The van der Waals surface area contributed by atoms with E-state index in [9.17, 15) is 18.0 Å². The lowest BCUT2D eigenvalue weighted by atomic mass is 9.95. The first-order chi connectivity index (χ1) is 14.3. The van der Waals surface area contributed by atoms with Crippen molar-refractivity contribution in [1.29, 1.82) is 0 Å². The number of aryl methyl sites for hydroxylation is 2. The van der Waals surface area contributed by atoms with E-state index in [2.05, 4.69) is 10.9 Å². The summed E-state index contributed by atoms with van der Waals surface area (Å²) < 4.78 is 25.7. The van der Waals surface area contributed by atoms with Gasteiger partial charge in [-0.1, -0.05) is 30.7 Å². The lowest BCUT2D eigenvalue weighted by Gasteiger charge is -2.33. The Hall–Kier alpha value is -2.23. The van der Waals surface area contributed by atoms with Gasteiger partial charge in [-0.15, -0.1) is 11.3 Å². The van der Waals surface area contributed by atoms with Crippen molar-refractivity contribution in [2.75, 3.05) is 6.26 Å². The van der Waals surface area contributed by atoms with Gasteiger partial charge in [0.2, 0.25) is 10.0 Å². The van der Waals surface area contributed by atoms with Crippen LogP contribution in [0.1, 0.15) is 50.5 Å². The maximum absolute atomic E-state index is 12.8. The van der Waals surface area contributed by atoms with E-state index in [1.54, 1.807) is 0 Å². The van der Waals surface area contributed by atoms with E-state index in [1.807, 2.05) is 30.3 Å². The molecule has 0 unspecified atom stereocenters. The number of carbonyl (C=O) groups excluding carboxylic acids is 2. The first kappa shape index (κ1) is 21.0. The molecule has 30 heavy (non-hydrogen) atoms. The third-order valence-electron chi connectivity index (χ3n) is 5.70. The van der Waals surface area contributed by atoms with E-state index in [4.69, 9.17) is 0 Å². The van der Waals surface area contributed by atoms with Crippen LogP contribution in [0.3, 0.4) is 0 Å². The molecule has 2 N–H and O–H groups in total. The van der Waals surface area contributed by atoms with Gasteiger partial charge in [-0.05, 0) is 54.9 Å². The number of thiophene rings is 1. The fourth-order valence-electron chi connectivity index (χ4n) is 4.11. The number of nitrogens with zero attached hydrogens (tertiary/aromatic N) is 1. The van der Waals surface area contributed by atoms with Crippen LogP contribution >= 0.6 is 11.3 Å². The Morgan fingerprint density at radius 1 is 1.03 bits per heavy atom. The minimum Gasteiger partial charge on any atom is -0.271 e. The van der Waals surface area contributed by atoms with Crippen LogP contribution < -0.4 is 10.9 Å². The van der Waals surface area contributed by atoms with Gasteiger partial charge in [-0.2, -0.15) is 4.31 Å². The van der Waals surface area contributed by atoms with E-state index in [1.165, 1.54) is 32.5 Å². The Kier molecular flexibility index (Phi) is 5.95. The molecule has 0 spiro atoms. The number of sulfonamides is 1. The molecule has 0 bridgehead atoms. The third-order valence-corrected chi connectivity index (χ3v) is 8.18. The molecule has 2 amide bonds. The van der Waals surface area contributed by atoms with Crippen molar-refractivity contribution >= 4 is 33.2 Å². The summed E-state index contributed by atoms with van der Waals surface area (Å²) in [7, 11) is -3.60. The molecule has 4 rings (SSSR count). The normalized spacial score (nSPS) is 19.3. The minimum absolute atomic E-state index is 0.138. The second-order valence-electron chi connectivity index (χ2n) is 7.86. The van der Waals surface area contributed by atoms with E-state index < -0.39 is 22.0 Å². The Balaban J connectivity index is 1.45. The van der Waals surface area contributed by atoms with Gasteiger partial charge < -0.3 is 0 Å². The average Bonchev–Trinajstić information content (AvgIpc) is 3.00. The fraction of sp³-hybridized carbons (Fsp3) is 0.429. The zero-order valence-electron chi connectivity index (χ0n) is 16.8. The van der Waals surface area contributed by atoms with E-state index in [0.717, 1.165) is 43.1 Å². The molecule has 1 aliphatic heterocycles. The van der Waals surface area contributed by atoms with Crippen molar-refractivity contribution in [3.63, 3.8) is 0 Å². The molecule has 1 aliphatic carbocycles. The first-order valence-electron chi connectivity index (χ1n) is 10.1. The Labute approximate surface area is 180 Å². The molecule has 1 aromatic carbocycles. The number of fused-ring (bicyclic) bond motifs is 2. The highest BCUT2D eigenvalue weighted by Gasteiger charge is 2.37. The highest BCUT2D eigenvalue weighted by atomic mass is 32.2. The molecular formula is C21H25N3O4S2. The summed E-state index contributed by atoms with van der Waals surface area (Å²) >= 11 is 1.47. The summed E-state index contributed by atoms with van der Waals surface area (Å²) in [5.74, 6) is -0.912. The predicted molar refractivity (Wildman–Crippen MR) is 116 cm³/mol. The van der Waals surface area contributed by atoms with Gasteiger partial charge in [0.15, 0.2) is 0 Å². The number of nitrogens with one attached hydrogen (secondary N) is 2. The molecule has 0 fully saturated rings. The van der Waals surface area contributed by atoms with Gasteiger partial charge in [-0.25, -0.2) is 8.42 Å². The quantitative estimate of drug-likeness (QED) is 0.557. The molecule has 2 aliphatic rings. The second-order valence-corrected chi connectivity index (χ2v) is 10.9. The molecule has 9 heteroatoms. The molecule has 0 saturated carbocycles. The number of hydrogen-bond acceptors (Lipinski definition) is 5. The summed E-state index contributed by atoms with van der Waals surface area (Å²) in [5.41, 5.74) is 7.95. The maximum Gasteiger partial charge on any atom is 0.279 e. The first-order valence-corrected chi connectivity index (χ1v) is 12.7. The Morgan fingerprint density at radius 2 is 1.77 bits per heavy atom. The van der Waals surface area contributed by atoms with Crippen molar-refractivity contribution in [2.24, 2.45) is 0 Å². The zero-order chi connectivity index (χ0) is 21.3. The zero-order valence-corrected chi connectivity index (χ0v) is 18.4. The van der Waals surface area contributed by atoms with Crippen LogP contribution in [-0.4, -0.2) is 36.8 Å². The highest BCUT2D eigenvalue weighted by Crippen LogP contribution is 2.29. The van der Waals surface area contributed by atoms with Crippen LogP contribution in [0.15, 0.2) is 30.3 Å². The van der Waals surface area contributed by atoms with Gasteiger partial charge in [0.25, 0.3) is 11.8 Å². The Bertz CT molecular complexity index is 1050. The molecule has 7 nitrogen and oxygen atoms in total. The Morgan fingerprint density at radius 3 is 2.53 bits per heavy atom. The standard InChI is InChI=1S/C21H25N3O4S2/c1-30(27,28)24-13-16-9-6-5-7-14(16)11-17(24)20(25)22-23-21(26)19-12-15-8-3-2-4-10-18(15)29-19/h5-7,9,12,17H,2-4,8,10-11,13H2,1H3,(H,22,25)(H,23,26)/t17-/m1/s1. The van der Waals surface area contributed by atoms with Gasteiger partial charge in [0.05, 0.1) is 11.1 Å². The van der Waals surface area contributed by atoms with Crippen molar-refractivity contribution in [3.8, 4) is 0 Å². The lowest BCUT2D eigenvalue weighted by Crippen LogP contribution is -2.55. The molecule has 0 radical (unpaired) electrons. The largest absolute Gasteiger partial charge is 0.279 e. The highest BCUT2D eigenvalue weighted by molar-refractivity contribution is 7.88. The van der Waals surface area contributed by atoms with Crippen LogP contribution in [-0.2, 0) is 40.6 Å². The van der Waals surface area contributed by atoms with Gasteiger partial charge >= 0.3 is 0 Å². The van der Waals surface area contributed by atoms with Crippen molar-refractivity contribution in [3.05, 3.63) is 56.8 Å². The monoisotopic (exact) mass is 447 g/mol. The van der Waals surface area contributed by atoms with Crippen LogP contribution in [0, 0.1) is 0 Å². The summed E-state index contributed by atoms with van der Waals surface area (Å²) in [6, 6.07) is 8.48. The smallest absolute Gasteiger partial charge is 0.271 e. The topological polar surface area (TPSA) is 95.6 Å². The van der Waals surface area contributed by atoms with Gasteiger partial charge in [0.1, 0.15) is 6.04 Å². The number of benzene rings is 1. The van der Waals surface area contributed by atoms with Gasteiger partial charge in [0, 0.05) is 11.4 Å². The number of carbonyl (C=O) groups is 2. The summed E-state index contributed by atoms with van der Waals surface area (Å²) in [6.45, 7) is 0.138. The molecule has 0 saturated heterocycles. The number of rotatable bonds is 3. The van der Waals surface area contributed by atoms with E-state index >= 15 is 0 Å². The van der Waals surface area contributed by atoms with Crippen molar-refractivity contribution in [1.82, 2.24) is 15.2 Å². The molecule has 2 aromatic rings. The van der Waals surface area contributed by atoms with E-state index in [-0.39, 0.29) is 18.9 Å². The molecule has 160 valence electrons. The van der Waals surface area contributed by atoms with Crippen LogP contribution in [0.25, 0.3) is 0 Å². The summed E-state index contributed by atoms with van der Waals surface area (Å²) in [6.07, 6.45) is 6.81. The van der Waals surface area contributed by atoms with Crippen LogP contribution in [0.4, 0.5) is 0 Å². The maximum atomic E-state index is 12.8. The molecular weight excluding hydrogens is 422 g/mol. The fourth-order valence-corrected chi connectivity index (χ4v) is 6.27. The number of hydrogen-bond donors (Lipinski definition) is 2. The number of hydrazine groups is 1. The molecule has 1 atom stereocenters. The summed E-state index contributed by atoms with van der Waals surface area (Å²) in [5, 5.41) is 0. The summed E-state index contributed by atoms with van der Waals surface area (Å²) in [4.78, 5) is 27.2. The van der Waals surface area contributed by atoms with Gasteiger partial charge in [-0.3, -0.25) is 20.4 Å².